The monoisotopic (exact) mass is 442 g/mol. The van der Waals surface area contributed by atoms with Gasteiger partial charge in [0.05, 0.1) is 4.92 Å². The molecule has 0 unspecified atom stereocenters. The predicted octanol–water partition coefficient (Wildman–Crippen LogP) is 2.47. The van der Waals surface area contributed by atoms with Crippen molar-refractivity contribution < 1.29 is 24.5 Å². The molecule has 0 aromatic heterocycles. The zero-order chi connectivity index (χ0) is 23.3. The minimum Gasteiger partial charge on any atom is -0.350 e. The molecule has 2 rings (SSSR count). The lowest BCUT2D eigenvalue weighted by Crippen LogP contribution is -2.46. The highest BCUT2D eigenvalue weighted by Gasteiger charge is 2.21. The van der Waals surface area contributed by atoms with Crippen molar-refractivity contribution in [2.45, 2.75) is 44.7 Å². The van der Waals surface area contributed by atoms with Crippen molar-refractivity contribution in [2.24, 2.45) is 0 Å². The van der Waals surface area contributed by atoms with Gasteiger partial charge in [-0.25, -0.2) is 5.48 Å². The fourth-order valence-electron chi connectivity index (χ4n) is 3.02. The summed E-state index contributed by atoms with van der Waals surface area (Å²) in [5, 5.41) is 24.8. The van der Waals surface area contributed by atoms with Crippen LogP contribution in [-0.4, -0.2) is 33.9 Å². The summed E-state index contributed by atoms with van der Waals surface area (Å²) in [5.74, 6) is -1.34. The van der Waals surface area contributed by atoms with Crippen LogP contribution in [0.15, 0.2) is 54.6 Å². The highest BCUT2D eigenvalue weighted by atomic mass is 16.6. The number of hydrogen-bond donors (Lipinski definition) is 4. The Kier molecular flexibility index (Phi) is 9.79. The van der Waals surface area contributed by atoms with Crippen LogP contribution in [0.3, 0.4) is 0 Å². The molecule has 2 aromatic carbocycles. The second kappa shape index (κ2) is 12.8. The first-order valence-electron chi connectivity index (χ1n) is 10.2. The van der Waals surface area contributed by atoms with Gasteiger partial charge >= 0.3 is 0 Å². The van der Waals surface area contributed by atoms with Crippen LogP contribution < -0.4 is 16.1 Å². The summed E-state index contributed by atoms with van der Waals surface area (Å²) in [7, 11) is 0. The van der Waals surface area contributed by atoms with E-state index in [1.807, 2.05) is 30.3 Å². The first-order valence-corrected chi connectivity index (χ1v) is 10.2. The van der Waals surface area contributed by atoms with Gasteiger partial charge in [0.2, 0.25) is 11.8 Å². The third-order valence-corrected chi connectivity index (χ3v) is 4.79. The Hall–Kier alpha value is -3.79. The Labute approximate surface area is 185 Å². The molecule has 0 aliphatic heterocycles. The van der Waals surface area contributed by atoms with Crippen LogP contribution in [0, 0.1) is 10.1 Å². The smallest absolute Gasteiger partial charge is 0.269 e. The Morgan fingerprint density at radius 2 is 1.66 bits per heavy atom. The molecular weight excluding hydrogens is 416 g/mol. The van der Waals surface area contributed by atoms with Crippen molar-refractivity contribution in [3.63, 3.8) is 0 Å². The number of non-ortho nitro benzene ring substituents is 1. The van der Waals surface area contributed by atoms with E-state index < -0.39 is 22.8 Å². The van der Waals surface area contributed by atoms with Crippen LogP contribution >= 0.6 is 0 Å². The zero-order valence-electron chi connectivity index (χ0n) is 17.5. The number of carbonyl (C=O) groups is 3. The fraction of sp³-hybridized carbons (Fsp3) is 0.318. The topological polar surface area (TPSA) is 151 Å². The summed E-state index contributed by atoms with van der Waals surface area (Å²) in [6.45, 7) is 0.306. The molecule has 2 aromatic rings. The molecule has 4 N–H and O–H groups in total. The summed E-state index contributed by atoms with van der Waals surface area (Å²) in [6, 6.07) is 13.6. The number of rotatable bonds is 12. The van der Waals surface area contributed by atoms with E-state index in [-0.39, 0.29) is 23.6 Å². The van der Waals surface area contributed by atoms with Gasteiger partial charge in [0, 0.05) is 30.7 Å². The van der Waals surface area contributed by atoms with Crippen LogP contribution in [0.25, 0.3) is 0 Å². The normalized spacial score (nSPS) is 11.3. The molecule has 0 spiro atoms. The molecule has 10 nitrogen and oxygen atoms in total. The zero-order valence-corrected chi connectivity index (χ0v) is 17.5. The van der Waals surface area contributed by atoms with Gasteiger partial charge in [0.25, 0.3) is 11.6 Å². The number of nitrogens with one attached hydrogen (secondary N) is 3. The van der Waals surface area contributed by atoms with Gasteiger partial charge in [-0.1, -0.05) is 43.2 Å². The minimum absolute atomic E-state index is 0.134. The summed E-state index contributed by atoms with van der Waals surface area (Å²) < 4.78 is 0. The third kappa shape index (κ3) is 8.15. The van der Waals surface area contributed by atoms with Crippen LogP contribution in [0.4, 0.5) is 5.69 Å². The van der Waals surface area contributed by atoms with E-state index >= 15 is 0 Å². The first kappa shape index (κ1) is 24.5. The average Bonchev–Trinajstić information content (AvgIpc) is 2.81. The van der Waals surface area contributed by atoms with E-state index in [1.54, 1.807) is 5.48 Å². The number of unbranched alkanes of at least 4 members (excludes halogenated alkanes) is 2. The molecule has 0 heterocycles. The van der Waals surface area contributed by atoms with E-state index in [0.717, 1.165) is 5.56 Å². The lowest BCUT2D eigenvalue weighted by Gasteiger charge is -2.19. The Bertz CT molecular complexity index is 918. The van der Waals surface area contributed by atoms with Crippen molar-refractivity contribution >= 4 is 23.4 Å². The molecule has 0 radical (unpaired) electrons. The molecule has 32 heavy (non-hydrogen) atoms. The first-order chi connectivity index (χ1) is 15.4. The Morgan fingerprint density at radius 3 is 2.28 bits per heavy atom. The number of hydroxylamine groups is 1. The predicted molar refractivity (Wildman–Crippen MR) is 116 cm³/mol. The fourth-order valence-corrected chi connectivity index (χ4v) is 3.02. The number of amides is 3. The summed E-state index contributed by atoms with van der Waals surface area (Å²) >= 11 is 0. The molecule has 0 aliphatic rings. The maximum absolute atomic E-state index is 12.7. The van der Waals surface area contributed by atoms with Crippen molar-refractivity contribution in [3.05, 3.63) is 75.8 Å². The Balaban J connectivity index is 1.97. The standard InChI is InChI=1S/C22H26N4O6/c27-20(25-30)10-6-2-5-9-19(22(29)23-15-16-7-3-1-4-8-16)24-21(28)17-11-13-18(14-12-17)26(31)32/h1,3-4,7-8,11-14,19,30H,2,5-6,9-10,15H2,(H,23,29)(H,24,28)(H,25,27)/t19-/m0/s1. The lowest BCUT2D eigenvalue weighted by molar-refractivity contribution is -0.384. The highest BCUT2D eigenvalue weighted by molar-refractivity contribution is 5.97. The van der Waals surface area contributed by atoms with Crippen LogP contribution in [-0.2, 0) is 16.1 Å². The molecule has 0 aliphatic carbocycles. The number of carbonyl (C=O) groups excluding carboxylic acids is 3. The summed E-state index contributed by atoms with van der Waals surface area (Å²) in [6.07, 6.45) is 2.24. The molecular formula is C22H26N4O6. The van der Waals surface area contributed by atoms with E-state index in [4.69, 9.17) is 5.21 Å². The summed E-state index contributed by atoms with van der Waals surface area (Å²) in [5.41, 5.74) is 2.55. The van der Waals surface area contributed by atoms with Gasteiger partial charge in [0.1, 0.15) is 6.04 Å². The van der Waals surface area contributed by atoms with Crippen molar-refractivity contribution in [2.75, 3.05) is 0 Å². The molecule has 3 amide bonds. The third-order valence-electron chi connectivity index (χ3n) is 4.79. The highest BCUT2D eigenvalue weighted by Crippen LogP contribution is 2.13. The number of hydrogen-bond acceptors (Lipinski definition) is 6. The van der Waals surface area contributed by atoms with E-state index in [2.05, 4.69) is 10.6 Å². The van der Waals surface area contributed by atoms with E-state index in [1.165, 1.54) is 24.3 Å². The van der Waals surface area contributed by atoms with Gasteiger partial charge in [-0.2, -0.15) is 0 Å². The largest absolute Gasteiger partial charge is 0.350 e. The molecule has 0 bridgehead atoms. The van der Waals surface area contributed by atoms with Crippen molar-refractivity contribution in [1.82, 2.24) is 16.1 Å². The van der Waals surface area contributed by atoms with Crippen LogP contribution in [0.2, 0.25) is 0 Å². The van der Waals surface area contributed by atoms with Gasteiger partial charge in [-0.05, 0) is 30.5 Å². The second-order valence-corrected chi connectivity index (χ2v) is 7.17. The maximum Gasteiger partial charge on any atom is 0.269 e. The van der Waals surface area contributed by atoms with Crippen molar-refractivity contribution in [1.29, 1.82) is 0 Å². The average molecular weight is 442 g/mol. The van der Waals surface area contributed by atoms with Gasteiger partial charge < -0.3 is 10.6 Å². The quantitative estimate of drug-likeness (QED) is 0.172. The molecule has 10 heteroatoms. The molecule has 1 atom stereocenters. The van der Waals surface area contributed by atoms with Gasteiger partial charge in [-0.3, -0.25) is 29.7 Å². The molecule has 170 valence electrons. The van der Waals surface area contributed by atoms with Gasteiger partial charge in [-0.15, -0.1) is 0 Å². The van der Waals surface area contributed by atoms with Gasteiger partial charge in [0.15, 0.2) is 0 Å². The molecule has 0 saturated heterocycles. The maximum atomic E-state index is 12.7. The van der Waals surface area contributed by atoms with E-state index in [0.29, 0.717) is 32.2 Å². The summed E-state index contributed by atoms with van der Waals surface area (Å²) in [4.78, 5) is 46.6. The molecule has 0 fully saturated rings. The second-order valence-electron chi connectivity index (χ2n) is 7.17. The number of nitro benzene ring substituents is 1. The lowest BCUT2D eigenvalue weighted by atomic mass is 10.0. The van der Waals surface area contributed by atoms with Crippen molar-refractivity contribution in [3.8, 4) is 0 Å². The van der Waals surface area contributed by atoms with Crippen LogP contribution in [0.5, 0.6) is 0 Å². The number of benzene rings is 2. The number of nitro groups is 1. The minimum atomic E-state index is -0.812. The number of nitrogens with zero attached hydrogens (tertiary/aromatic N) is 1. The van der Waals surface area contributed by atoms with Crippen LogP contribution in [0.1, 0.15) is 48.0 Å². The SMILES string of the molecule is O=C(CCCCC[C@H](NC(=O)c1ccc([N+](=O)[O-])cc1)C(=O)NCc1ccccc1)NO. The Morgan fingerprint density at radius 1 is 0.969 bits per heavy atom. The van der Waals surface area contributed by atoms with E-state index in [9.17, 15) is 24.5 Å². The molecule has 0 saturated carbocycles.